The molecule has 4 aromatic rings. The van der Waals surface area contributed by atoms with Gasteiger partial charge in [-0.1, -0.05) is 148 Å². The maximum Gasteiger partial charge on any atom is 1.00 e. The van der Waals surface area contributed by atoms with Crippen LogP contribution in [0.4, 0.5) is 0 Å². The van der Waals surface area contributed by atoms with Crippen LogP contribution in [-0.4, -0.2) is 61.4 Å². The van der Waals surface area contributed by atoms with E-state index in [-0.39, 0.29) is 91.1 Å². The van der Waals surface area contributed by atoms with E-state index in [0.29, 0.717) is 36.2 Å². The molecule has 0 amide bonds. The van der Waals surface area contributed by atoms with Crippen LogP contribution in [0.3, 0.4) is 0 Å². The van der Waals surface area contributed by atoms with E-state index < -0.39 is 11.4 Å². The Labute approximate surface area is 575 Å². The summed E-state index contributed by atoms with van der Waals surface area (Å²) >= 11 is 62.4. The summed E-state index contributed by atoms with van der Waals surface area (Å²) in [6.45, 7) is 21.9. The van der Waals surface area contributed by atoms with Gasteiger partial charge < -0.3 is 16.4 Å². The van der Waals surface area contributed by atoms with Crippen LogP contribution in [0, 0.1) is 0 Å². The number of hydrogen-bond acceptors (Lipinski definition) is 8. The van der Waals surface area contributed by atoms with E-state index in [4.69, 9.17) is 128 Å². The van der Waals surface area contributed by atoms with Crippen molar-refractivity contribution in [2.45, 2.75) is 166 Å². The van der Waals surface area contributed by atoms with E-state index in [1.807, 2.05) is 23.9 Å². The Bertz CT molecular complexity index is 2590. The van der Waals surface area contributed by atoms with Crippen molar-refractivity contribution in [1.29, 1.82) is 0 Å². The first-order valence-corrected chi connectivity index (χ1v) is 37.8. The molecular weight excluding hydrogens is 1460 g/mol. The number of fused-ring (bicyclic) bond motifs is 4. The number of carbonyl (C=O) groups is 3. The number of ketones is 2. The largest absolute Gasteiger partial charge is 1.00 e. The van der Waals surface area contributed by atoms with E-state index in [1.165, 1.54) is 31.2 Å². The molecule has 8 nitrogen and oxygen atoms in total. The summed E-state index contributed by atoms with van der Waals surface area (Å²) in [6.07, 6.45) is 8.55. The molecule has 0 radical (unpaired) electrons. The molecule has 0 fully saturated rings. The summed E-state index contributed by atoms with van der Waals surface area (Å²) in [6, 6.07) is 8.99. The van der Waals surface area contributed by atoms with Crippen molar-refractivity contribution in [1.82, 2.24) is 0 Å². The van der Waals surface area contributed by atoms with Crippen molar-refractivity contribution in [3.8, 4) is 0 Å². The van der Waals surface area contributed by atoms with Crippen LogP contribution < -0.4 is 29.6 Å². The summed E-state index contributed by atoms with van der Waals surface area (Å²) < 4.78 is 0. The number of benzene rings is 4. The molecule has 6 N–H and O–H groups in total. The zero-order valence-electron chi connectivity index (χ0n) is 45.9. The molecule has 0 unspecified atom stereocenters. The van der Waals surface area contributed by atoms with E-state index in [2.05, 4.69) is 100 Å². The van der Waals surface area contributed by atoms with E-state index in [1.54, 1.807) is 30.0 Å². The van der Waals surface area contributed by atoms with Crippen molar-refractivity contribution in [3.63, 3.8) is 0 Å². The Hall–Kier alpha value is 2.36. The Morgan fingerprint density at radius 3 is 1.29 bits per heavy atom. The number of thioether (sulfide) groups is 2. The van der Waals surface area contributed by atoms with Crippen molar-refractivity contribution < 1.29 is 70.5 Å². The fraction of sp³-hybridized carbons (Fsp3) is 0.491. The van der Waals surface area contributed by atoms with Gasteiger partial charge in [0.15, 0.2) is 11.6 Å². The minimum absolute atomic E-state index is 0. The number of halogens is 14. The van der Waals surface area contributed by atoms with Crippen LogP contribution in [0.2, 0.25) is 40.2 Å². The molecular formula is C53H66AlBr2Cl12NaO8S2. The third-order valence-corrected chi connectivity index (χ3v) is 18.3. The molecule has 0 aromatic heterocycles. The molecule has 2 aliphatic carbocycles. The average Bonchev–Trinajstić information content (AvgIpc) is 3.28. The predicted molar refractivity (Wildman–Crippen MR) is 349 cm³/mol. The van der Waals surface area contributed by atoms with Gasteiger partial charge in [0.25, 0.3) is 0 Å². The summed E-state index contributed by atoms with van der Waals surface area (Å²) in [7, 11) is 14.8. The normalized spacial score (nSPS) is 15.6. The maximum absolute atomic E-state index is 11.6. The van der Waals surface area contributed by atoms with Crippen LogP contribution in [0.25, 0.3) is 0 Å². The molecule has 4 aliphatic rings. The molecule has 0 saturated carbocycles. The molecule has 2 heterocycles. The van der Waals surface area contributed by atoms with Crippen molar-refractivity contribution in [2.75, 3.05) is 11.5 Å². The van der Waals surface area contributed by atoms with Crippen molar-refractivity contribution in [3.05, 3.63) is 121 Å². The van der Waals surface area contributed by atoms with Gasteiger partial charge in [0.05, 0.1) is 25.1 Å². The summed E-state index contributed by atoms with van der Waals surface area (Å²) in [4.78, 5) is 38.7. The van der Waals surface area contributed by atoms with E-state index in [0.717, 1.165) is 116 Å². The van der Waals surface area contributed by atoms with Crippen LogP contribution in [-0.2, 0) is 50.8 Å². The fourth-order valence-corrected chi connectivity index (χ4v) is 15.9. The predicted octanol–water partition coefficient (Wildman–Crippen LogP) is 18.5. The minimum atomic E-state index is -1.72. The third kappa shape index (κ3) is 24.3. The van der Waals surface area contributed by atoms with Gasteiger partial charge in [0.2, 0.25) is 5.24 Å². The zero-order valence-corrected chi connectivity index (χ0v) is 62.9. The molecule has 0 saturated heterocycles. The molecule has 0 spiro atoms. The molecule has 2 aliphatic heterocycles. The van der Waals surface area contributed by atoms with Gasteiger partial charge >= 0.3 is 40.9 Å². The zero-order chi connectivity index (χ0) is 57.7. The molecule has 26 heteroatoms. The van der Waals surface area contributed by atoms with E-state index in [9.17, 15) is 14.4 Å². The first kappa shape index (κ1) is 85.6. The first-order valence-electron chi connectivity index (χ1n) is 23.4. The second kappa shape index (κ2) is 38.7. The summed E-state index contributed by atoms with van der Waals surface area (Å²) in [5.41, 5.74) is 8.70. The monoisotopic (exact) mass is 1520 g/mol. The Kier molecular flexibility index (Phi) is 41.9. The van der Waals surface area contributed by atoms with Gasteiger partial charge in [-0.3, -0.25) is 19.6 Å². The second-order valence-corrected chi connectivity index (χ2v) is 32.8. The minimum Gasteiger partial charge on any atom is -0.870 e. The maximum atomic E-state index is 11.6. The topological polar surface area (TPSA) is 174 Å². The van der Waals surface area contributed by atoms with Crippen molar-refractivity contribution in [2.24, 2.45) is 0 Å². The molecule has 4 aromatic carbocycles. The fourth-order valence-electron chi connectivity index (χ4n) is 9.36. The van der Waals surface area contributed by atoms with Crippen LogP contribution >= 0.6 is 186 Å². The molecule has 440 valence electrons. The number of carbonyl (C=O) groups excluding carboxylic acids is 3. The second-order valence-electron chi connectivity index (χ2n) is 20.5. The van der Waals surface area contributed by atoms with Gasteiger partial charge in [-0.05, 0) is 174 Å². The standard InChI is InChI=1S/C14H16Cl2O.C13H16Cl2O2.C13H14Cl2OS.C11H12Cl2S.C2H3ClO.Al.Br2.3ClH.Na.3H2O/c1-8(17)10-7-11(15)9-5-4-6-14(2,3)12(9)13(10)16;1-13(2)5-3-4-9-10(14)6-8(7-17-16)12(15)11(9)13;1-7(16)8-6-9(14)12-10(11(8)15)13(2,3)4-5-17-12;1-11(2)5-6-14-10-8(13)4-3-7(12)9(10)11;1-2(3)4;;1-2;;;;;;;/h7H,4-6H2,1-3H3;6,16H,3-5,7H2,1-2H3;6H,4-5H2,1-3H3;3-4H,5-6H2,1-2H3;1H3;;;3*1H;;3*1H2/q;;;;;+3;;;;;+1;;;/p-4. The first-order chi connectivity index (χ1) is 34.6. The van der Waals surface area contributed by atoms with Gasteiger partial charge in [0.1, 0.15) is 6.61 Å². The molecule has 0 bridgehead atoms. The molecule has 79 heavy (non-hydrogen) atoms. The molecule has 8 rings (SSSR count). The summed E-state index contributed by atoms with van der Waals surface area (Å²) in [5.74, 6) is 2.10. The van der Waals surface area contributed by atoms with Gasteiger partial charge in [-0.25, -0.2) is 35.0 Å². The van der Waals surface area contributed by atoms with Crippen molar-refractivity contribution >= 4 is 215 Å². The summed E-state index contributed by atoms with van der Waals surface area (Å²) in [5, 5.41) is 13.8. The smallest absolute Gasteiger partial charge is 0.870 e. The van der Waals surface area contributed by atoms with Crippen LogP contribution in [0.15, 0.2) is 40.1 Å². The quantitative estimate of drug-likeness (QED) is 0.0691. The van der Waals surface area contributed by atoms with E-state index >= 15 is 0 Å². The Morgan fingerprint density at radius 1 is 0.570 bits per heavy atom. The number of rotatable bonds is 4. The molecule has 0 atom stereocenters. The SMILES string of the molecule is BrBr.CC(=O)Cl.CC(=O)c1cc(Cl)c2c(c1Cl)C(C)(C)CCC2.CC(=O)c1cc(Cl)c2c(c1Cl)C(C)(C)CCS2.CC1(C)CCCc2c(Cl)cc(COO)c(Cl)c21.CC1(C)CCSc2c(Cl)ccc(Cl)c21.O.O.[Cl][Al]([Cl])[Cl].[Na+].[OH-]. The Morgan fingerprint density at radius 2 is 0.899 bits per heavy atom. The van der Waals surface area contributed by atoms with Gasteiger partial charge in [0, 0.05) is 76.7 Å². The number of Topliss-reactive ketones (excluding diaryl/α,β-unsaturated/α-hetero) is 2. The average molecular weight is 1530 g/mol. The number of hydrogen-bond donors (Lipinski definition) is 1. The van der Waals surface area contributed by atoms with Gasteiger partial charge in [-0.15, -0.1) is 23.5 Å². The van der Waals surface area contributed by atoms with Crippen LogP contribution in [0.5, 0.6) is 0 Å². The third-order valence-electron chi connectivity index (χ3n) is 13.0. The Balaban J connectivity index is -0.000000908. The van der Waals surface area contributed by atoms with Gasteiger partial charge in [-0.2, -0.15) is 0 Å². The van der Waals surface area contributed by atoms with Crippen LogP contribution in [0.1, 0.15) is 174 Å².